The van der Waals surface area contributed by atoms with Crippen molar-refractivity contribution in [3.05, 3.63) is 48.0 Å². The summed E-state index contributed by atoms with van der Waals surface area (Å²) in [7, 11) is -2.77. The minimum atomic E-state index is -4.18. The summed E-state index contributed by atoms with van der Waals surface area (Å²) in [6.45, 7) is 11.3. The van der Waals surface area contributed by atoms with Gasteiger partial charge in [-0.25, -0.2) is 4.79 Å². The van der Waals surface area contributed by atoms with E-state index >= 15 is 0 Å². The molecule has 2 rings (SSSR count). The maximum absolute atomic E-state index is 12.9. The number of ether oxygens (including phenoxy) is 1. The summed E-state index contributed by atoms with van der Waals surface area (Å²) < 4.78 is 36.6. The van der Waals surface area contributed by atoms with Crippen LogP contribution in [-0.4, -0.2) is 43.9 Å². The number of nitrogens with one attached hydrogen (secondary N) is 2. The van der Waals surface area contributed by atoms with Crippen LogP contribution in [0.2, 0.25) is 0 Å². The van der Waals surface area contributed by atoms with Gasteiger partial charge in [-0.1, -0.05) is 13.0 Å². The first-order chi connectivity index (χ1) is 16.3. The van der Waals surface area contributed by atoms with E-state index in [9.17, 15) is 18.0 Å². The van der Waals surface area contributed by atoms with Crippen molar-refractivity contribution >= 4 is 27.7 Å². The lowest BCUT2D eigenvalue weighted by Gasteiger charge is -2.32. The average Bonchev–Trinajstić information content (AvgIpc) is 2.75. The molecule has 3 amide bonds. The third kappa shape index (κ3) is 8.17. The van der Waals surface area contributed by atoms with Crippen molar-refractivity contribution < 1.29 is 26.9 Å². The van der Waals surface area contributed by atoms with Gasteiger partial charge in [0.2, 0.25) is 5.91 Å². The molecular formula is C25H35N3O6S. The van der Waals surface area contributed by atoms with Gasteiger partial charge >= 0.3 is 16.1 Å². The SMILES string of the molecule is CCC(C)N(Cc1ccc(OC)c(OS(=O)(=O)c2ccc(NC(C)=O)cc2)c1)C(=O)NC(C)(C)C. The molecule has 0 bridgehead atoms. The molecule has 2 aromatic rings. The Labute approximate surface area is 207 Å². The lowest BCUT2D eigenvalue weighted by molar-refractivity contribution is -0.114. The van der Waals surface area contributed by atoms with Crippen LogP contribution in [0.25, 0.3) is 0 Å². The second-order valence-corrected chi connectivity index (χ2v) is 10.8. The van der Waals surface area contributed by atoms with Gasteiger partial charge < -0.3 is 24.5 Å². The Balaban J connectivity index is 2.32. The Morgan fingerprint density at radius 3 is 2.20 bits per heavy atom. The first-order valence-corrected chi connectivity index (χ1v) is 12.7. The predicted octanol–water partition coefficient (Wildman–Crippen LogP) is 4.53. The van der Waals surface area contributed by atoms with Crippen LogP contribution in [0.3, 0.4) is 0 Å². The van der Waals surface area contributed by atoms with Crippen LogP contribution in [-0.2, 0) is 21.5 Å². The van der Waals surface area contributed by atoms with E-state index in [1.54, 1.807) is 23.1 Å². The largest absolute Gasteiger partial charge is 0.493 e. The number of benzene rings is 2. The summed E-state index contributed by atoms with van der Waals surface area (Å²) in [4.78, 5) is 25.7. The standard InChI is InChI=1S/C25H35N3O6S/c1-8-17(2)28(24(30)27-25(4,5)6)16-19-9-14-22(33-7)23(15-19)34-35(31,32)21-12-10-20(11-13-21)26-18(3)29/h9-15,17H,8,16H2,1-7H3,(H,26,29)(H,27,30). The number of carbonyl (C=O) groups is 2. The quantitative estimate of drug-likeness (QED) is 0.484. The third-order valence-electron chi connectivity index (χ3n) is 5.11. The van der Waals surface area contributed by atoms with E-state index in [0.717, 1.165) is 6.42 Å². The van der Waals surface area contributed by atoms with E-state index in [1.165, 1.54) is 38.3 Å². The van der Waals surface area contributed by atoms with E-state index in [2.05, 4.69) is 10.6 Å². The van der Waals surface area contributed by atoms with Gasteiger partial charge in [0.15, 0.2) is 11.5 Å². The number of methoxy groups -OCH3 is 1. The fourth-order valence-electron chi connectivity index (χ4n) is 3.20. The number of carbonyl (C=O) groups excluding carboxylic acids is 2. The highest BCUT2D eigenvalue weighted by atomic mass is 32.2. The van der Waals surface area contributed by atoms with Gasteiger partial charge in [0, 0.05) is 30.7 Å². The van der Waals surface area contributed by atoms with Gasteiger partial charge in [-0.15, -0.1) is 0 Å². The zero-order chi connectivity index (χ0) is 26.4. The molecule has 0 radical (unpaired) electrons. The van der Waals surface area contributed by atoms with Crippen molar-refractivity contribution in [3.8, 4) is 11.5 Å². The highest BCUT2D eigenvalue weighted by Gasteiger charge is 2.25. The van der Waals surface area contributed by atoms with Crippen LogP contribution in [0.15, 0.2) is 47.4 Å². The lowest BCUT2D eigenvalue weighted by Crippen LogP contribution is -2.50. The maximum atomic E-state index is 12.9. The van der Waals surface area contributed by atoms with Crippen LogP contribution in [0.1, 0.15) is 53.5 Å². The van der Waals surface area contributed by atoms with Crippen LogP contribution < -0.4 is 19.6 Å². The summed E-state index contributed by atoms with van der Waals surface area (Å²) in [5.74, 6) is -0.0151. The van der Waals surface area contributed by atoms with E-state index < -0.39 is 15.7 Å². The van der Waals surface area contributed by atoms with Gasteiger partial charge in [-0.05, 0) is 76.1 Å². The van der Waals surface area contributed by atoms with Gasteiger partial charge in [-0.2, -0.15) is 8.42 Å². The van der Waals surface area contributed by atoms with Crippen molar-refractivity contribution in [3.63, 3.8) is 0 Å². The number of hydrogen-bond acceptors (Lipinski definition) is 6. The molecule has 1 atom stereocenters. The smallest absolute Gasteiger partial charge is 0.339 e. The summed E-state index contributed by atoms with van der Waals surface area (Å²) in [6, 6.07) is 10.3. The molecule has 0 saturated carbocycles. The minimum Gasteiger partial charge on any atom is -0.493 e. The van der Waals surface area contributed by atoms with Gasteiger partial charge in [-0.3, -0.25) is 4.79 Å². The predicted molar refractivity (Wildman–Crippen MR) is 135 cm³/mol. The molecule has 0 aliphatic heterocycles. The molecule has 10 heteroatoms. The Kier molecular flexibility index (Phi) is 9.14. The molecule has 192 valence electrons. The minimum absolute atomic E-state index is 0.0104. The zero-order valence-electron chi connectivity index (χ0n) is 21.3. The Morgan fingerprint density at radius 2 is 1.69 bits per heavy atom. The number of nitrogens with zero attached hydrogens (tertiary/aromatic N) is 1. The molecule has 1 unspecified atom stereocenters. The molecule has 2 aromatic carbocycles. The molecule has 35 heavy (non-hydrogen) atoms. The summed E-state index contributed by atoms with van der Waals surface area (Å²) in [6.07, 6.45) is 0.750. The molecular weight excluding hydrogens is 470 g/mol. The fourth-order valence-corrected chi connectivity index (χ4v) is 4.13. The highest BCUT2D eigenvalue weighted by molar-refractivity contribution is 7.87. The monoisotopic (exact) mass is 505 g/mol. The van der Waals surface area contributed by atoms with E-state index in [0.29, 0.717) is 11.3 Å². The van der Waals surface area contributed by atoms with Crippen LogP contribution in [0.5, 0.6) is 11.5 Å². The normalized spacial score (nSPS) is 12.4. The molecule has 0 aliphatic rings. The van der Waals surface area contributed by atoms with Crippen LogP contribution in [0.4, 0.5) is 10.5 Å². The summed E-state index contributed by atoms with van der Waals surface area (Å²) in [5.41, 5.74) is 0.747. The van der Waals surface area contributed by atoms with Gasteiger partial charge in [0.25, 0.3) is 0 Å². The average molecular weight is 506 g/mol. The van der Waals surface area contributed by atoms with E-state index in [1.807, 2.05) is 34.6 Å². The van der Waals surface area contributed by atoms with Crippen molar-refractivity contribution in [1.29, 1.82) is 0 Å². The second-order valence-electron chi connectivity index (χ2n) is 9.29. The lowest BCUT2D eigenvalue weighted by atomic mass is 10.1. The number of urea groups is 1. The van der Waals surface area contributed by atoms with E-state index in [-0.39, 0.29) is 40.9 Å². The van der Waals surface area contributed by atoms with Crippen LogP contribution >= 0.6 is 0 Å². The number of amides is 3. The van der Waals surface area contributed by atoms with Crippen molar-refractivity contribution in [1.82, 2.24) is 10.2 Å². The van der Waals surface area contributed by atoms with Crippen molar-refractivity contribution in [2.24, 2.45) is 0 Å². The van der Waals surface area contributed by atoms with Crippen molar-refractivity contribution in [2.45, 2.75) is 71.0 Å². The second kappa shape index (κ2) is 11.4. The Morgan fingerprint density at radius 1 is 1.06 bits per heavy atom. The number of rotatable bonds is 9. The van der Waals surface area contributed by atoms with Gasteiger partial charge in [0.1, 0.15) is 4.90 Å². The number of anilines is 1. The first-order valence-electron chi connectivity index (χ1n) is 11.3. The molecule has 0 saturated heterocycles. The molecule has 0 aliphatic carbocycles. The van der Waals surface area contributed by atoms with Crippen LogP contribution in [0, 0.1) is 0 Å². The summed E-state index contributed by atoms with van der Waals surface area (Å²) >= 11 is 0. The molecule has 9 nitrogen and oxygen atoms in total. The molecule has 0 heterocycles. The Bertz CT molecular complexity index is 1140. The molecule has 2 N–H and O–H groups in total. The Hall–Kier alpha value is -3.27. The fraction of sp³-hybridized carbons (Fsp3) is 0.440. The van der Waals surface area contributed by atoms with Gasteiger partial charge in [0.05, 0.1) is 7.11 Å². The topological polar surface area (TPSA) is 114 Å². The molecule has 0 fully saturated rings. The summed E-state index contributed by atoms with van der Waals surface area (Å²) in [5, 5.41) is 5.56. The maximum Gasteiger partial charge on any atom is 0.339 e. The zero-order valence-corrected chi connectivity index (χ0v) is 22.2. The first kappa shape index (κ1) is 28.0. The number of hydrogen-bond donors (Lipinski definition) is 2. The molecule has 0 aromatic heterocycles. The third-order valence-corrected chi connectivity index (χ3v) is 6.36. The van der Waals surface area contributed by atoms with Crippen molar-refractivity contribution in [2.75, 3.05) is 12.4 Å². The molecule has 0 spiro atoms. The highest BCUT2D eigenvalue weighted by Crippen LogP contribution is 2.32. The van der Waals surface area contributed by atoms with E-state index in [4.69, 9.17) is 8.92 Å².